The van der Waals surface area contributed by atoms with Crippen molar-refractivity contribution in [2.24, 2.45) is 0 Å². The molecule has 12 heavy (non-hydrogen) atoms. The molecule has 0 fully saturated rings. The van der Waals surface area contributed by atoms with Gasteiger partial charge in [-0.3, -0.25) is 0 Å². The quantitative estimate of drug-likeness (QED) is 0.539. The molecule has 0 spiro atoms. The molecular weight excluding hydrogens is 170 g/mol. The zero-order valence-corrected chi connectivity index (χ0v) is 10.2. The molecule has 1 unspecified atom stereocenters. The summed E-state index contributed by atoms with van der Waals surface area (Å²) in [5.74, 6) is 0. The summed E-state index contributed by atoms with van der Waals surface area (Å²) in [7, 11) is 2.35. The lowest BCUT2D eigenvalue weighted by atomic mass is 10.0. The van der Waals surface area contributed by atoms with Crippen molar-refractivity contribution in [3.63, 3.8) is 0 Å². The summed E-state index contributed by atoms with van der Waals surface area (Å²) in [6.45, 7) is 14.0. The van der Waals surface area contributed by atoms with E-state index in [1.165, 1.54) is 24.0 Å². The number of rotatable bonds is 3. The molecule has 0 aliphatic heterocycles. The first-order chi connectivity index (χ1) is 4.87. The van der Waals surface area contributed by atoms with E-state index in [0.29, 0.717) is 5.54 Å². The summed E-state index contributed by atoms with van der Waals surface area (Å²) < 4.78 is 1.18. The van der Waals surface area contributed by atoms with Crippen molar-refractivity contribution in [3.8, 4) is 0 Å². The van der Waals surface area contributed by atoms with Gasteiger partial charge in [-0.15, -0.1) is 0 Å². The van der Waals surface area contributed by atoms with E-state index in [2.05, 4.69) is 41.7 Å². The fraction of sp³-hybridized carbons (Fsp3) is 1.00. The smallest absolute Gasteiger partial charge is 0.0905 e. The highest BCUT2D eigenvalue weighted by atomic mass is 35.5. The van der Waals surface area contributed by atoms with Crippen LogP contribution in [-0.4, -0.2) is 30.2 Å². The number of halogens is 1. The van der Waals surface area contributed by atoms with Crippen LogP contribution >= 0.6 is 0 Å². The van der Waals surface area contributed by atoms with E-state index in [1.807, 2.05) is 0 Å². The van der Waals surface area contributed by atoms with E-state index in [0.717, 1.165) is 0 Å². The van der Waals surface area contributed by atoms with E-state index in [9.17, 15) is 0 Å². The average Bonchev–Trinajstić information content (AvgIpc) is 1.86. The van der Waals surface area contributed by atoms with Crippen molar-refractivity contribution >= 4 is 0 Å². The third kappa shape index (κ3) is 3.32. The molecule has 0 amide bonds. The third-order valence-electron chi connectivity index (χ3n) is 3.03. The molecule has 0 aliphatic rings. The Balaban J connectivity index is 0. The Morgan fingerprint density at radius 1 is 1.08 bits per heavy atom. The maximum Gasteiger partial charge on any atom is 0.0905 e. The van der Waals surface area contributed by atoms with Gasteiger partial charge in [0, 0.05) is 0 Å². The normalized spacial score (nSPS) is 16.5. The van der Waals surface area contributed by atoms with Gasteiger partial charge in [-0.05, 0) is 34.1 Å². The van der Waals surface area contributed by atoms with E-state index >= 15 is 0 Å². The van der Waals surface area contributed by atoms with Gasteiger partial charge in [-0.25, -0.2) is 0 Å². The molecule has 1 atom stereocenters. The van der Waals surface area contributed by atoms with Crippen molar-refractivity contribution in [1.29, 1.82) is 0 Å². The van der Waals surface area contributed by atoms with Crippen molar-refractivity contribution < 1.29 is 16.9 Å². The van der Waals surface area contributed by atoms with E-state index in [1.54, 1.807) is 0 Å². The molecule has 0 radical (unpaired) electrons. The second-order valence-corrected chi connectivity index (χ2v) is 4.61. The molecule has 1 nitrogen and oxygen atoms in total. The molecule has 0 saturated heterocycles. The monoisotopic (exact) mass is 193 g/mol. The van der Waals surface area contributed by atoms with Gasteiger partial charge in [0.15, 0.2) is 0 Å². The summed E-state index contributed by atoms with van der Waals surface area (Å²) >= 11 is 0. The Hall–Kier alpha value is 0.250. The first-order valence-corrected chi connectivity index (χ1v) is 4.72. The van der Waals surface area contributed by atoms with Crippen LogP contribution in [0.5, 0.6) is 0 Å². The van der Waals surface area contributed by atoms with Crippen LogP contribution in [0.15, 0.2) is 0 Å². The average molecular weight is 194 g/mol. The molecule has 0 aliphatic carbocycles. The first kappa shape index (κ1) is 14.8. The lowest BCUT2D eigenvalue weighted by molar-refractivity contribution is -0.951. The number of quaternary nitrogens is 1. The van der Waals surface area contributed by atoms with Gasteiger partial charge in [-0.2, -0.15) is 0 Å². The van der Waals surface area contributed by atoms with Gasteiger partial charge in [-0.1, -0.05) is 6.92 Å². The van der Waals surface area contributed by atoms with Crippen molar-refractivity contribution in [1.82, 2.24) is 0 Å². The highest BCUT2D eigenvalue weighted by molar-refractivity contribution is 4.61. The molecule has 0 saturated carbocycles. The molecule has 76 valence electrons. The van der Waals surface area contributed by atoms with Crippen molar-refractivity contribution in [2.45, 2.75) is 46.6 Å². The number of hydrogen-bond donors (Lipinski definition) is 0. The number of nitrogens with zero attached hydrogens (tertiary/aromatic N) is 1. The first-order valence-electron chi connectivity index (χ1n) is 4.72. The Labute approximate surface area is 84.1 Å². The van der Waals surface area contributed by atoms with Crippen LogP contribution in [0.1, 0.15) is 41.0 Å². The van der Waals surface area contributed by atoms with Crippen LogP contribution in [-0.2, 0) is 0 Å². The largest absolute Gasteiger partial charge is 1.00 e. The van der Waals surface area contributed by atoms with Crippen LogP contribution in [0.2, 0.25) is 0 Å². The minimum atomic E-state index is 0. The third-order valence-corrected chi connectivity index (χ3v) is 3.03. The fourth-order valence-electron chi connectivity index (χ4n) is 1.46. The molecule has 0 rings (SSSR count). The Morgan fingerprint density at radius 2 is 1.50 bits per heavy atom. The summed E-state index contributed by atoms with van der Waals surface area (Å²) in [6, 6.07) is 0. The second-order valence-electron chi connectivity index (χ2n) is 4.61. The maximum atomic E-state index is 2.35. The van der Waals surface area contributed by atoms with Gasteiger partial charge in [0.2, 0.25) is 0 Å². The standard InChI is InChI=1S/C10H24N.ClH/c1-7-9-11(6,8-2)10(3,4)5;/h7-9H2,1-6H3;1H/q+1;/p-1. The second kappa shape index (κ2) is 5.08. The van der Waals surface area contributed by atoms with Crippen LogP contribution in [0, 0.1) is 0 Å². The SMILES string of the molecule is CCC[N+](C)(CC)C(C)(C)C.[Cl-]. The molecule has 0 aromatic heterocycles. The van der Waals surface area contributed by atoms with E-state index < -0.39 is 0 Å². The molecule has 0 aromatic rings. The molecular formula is C10H24ClN. The van der Waals surface area contributed by atoms with Crippen LogP contribution in [0.4, 0.5) is 0 Å². The minimum absolute atomic E-state index is 0. The molecule has 0 N–H and O–H groups in total. The molecule has 0 bridgehead atoms. The van der Waals surface area contributed by atoms with Gasteiger partial charge in [0.05, 0.1) is 25.7 Å². The molecule has 0 aromatic carbocycles. The Bertz CT molecular complexity index is 117. The van der Waals surface area contributed by atoms with Crippen molar-refractivity contribution in [3.05, 3.63) is 0 Å². The van der Waals surface area contributed by atoms with Gasteiger partial charge in [0.1, 0.15) is 0 Å². The summed E-state index contributed by atoms with van der Waals surface area (Å²) in [6.07, 6.45) is 1.28. The molecule has 0 heterocycles. The minimum Gasteiger partial charge on any atom is -1.00 e. The number of hydrogen-bond acceptors (Lipinski definition) is 0. The summed E-state index contributed by atoms with van der Waals surface area (Å²) in [5.41, 5.74) is 0.394. The Morgan fingerprint density at radius 3 is 1.58 bits per heavy atom. The maximum absolute atomic E-state index is 2.35. The molecule has 2 heteroatoms. The lowest BCUT2D eigenvalue weighted by Crippen LogP contribution is -3.00. The van der Waals surface area contributed by atoms with Crippen LogP contribution in [0.3, 0.4) is 0 Å². The van der Waals surface area contributed by atoms with Crippen molar-refractivity contribution in [2.75, 3.05) is 20.1 Å². The van der Waals surface area contributed by atoms with Gasteiger partial charge in [0.25, 0.3) is 0 Å². The van der Waals surface area contributed by atoms with Crippen LogP contribution in [0.25, 0.3) is 0 Å². The fourth-order valence-corrected chi connectivity index (χ4v) is 1.46. The lowest BCUT2D eigenvalue weighted by Gasteiger charge is -2.45. The van der Waals surface area contributed by atoms with Crippen LogP contribution < -0.4 is 12.4 Å². The predicted molar refractivity (Wildman–Crippen MR) is 51.6 cm³/mol. The van der Waals surface area contributed by atoms with E-state index in [-0.39, 0.29) is 12.4 Å². The predicted octanol–water partition coefficient (Wildman–Crippen LogP) is -0.335. The topological polar surface area (TPSA) is 0 Å². The summed E-state index contributed by atoms with van der Waals surface area (Å²) in [5, 5.41) is 0. The summed E-state index contributed by atoms with van der Waals surface area (Å²) in [4.78, 5) is 0. The Kier molecular flexibility index (Phi) is 6.25. The van der Waals surface area contributed by atoms with Gasteiger partial charge >= 0.3 is 0 Å². The van der Waals surface area contributed by atoms with E-state index in [4.69, 9.17) is 0 Å². The highest BCUT2D eigenvalue weighted by Crippen LogP contribution is 2.21. The zero-order valence-electron chi connectivity index (χ0n) is 9.45. The van der Waals surface area contributed by atoms with Gasteiger partial charge < -0.3 is 16.9 Å². The highest BCUT2D eigenvalue weighted by Gasteiger charge is 2.32. The zero-order chi connectivity index (χ0) is 9.12.